The molecule has 1 aromatic carbocycles. The zero-order valence-electron chi connectivity index (χ0n) is 9.30. The van der Waals surface area contributed by atoms with Crippen LogP contribution >= 0.6 is 0 Å². The third-order valence-corrected chi connectivity index (χ3v) is 3.16. The molecule has 2 unspecified atom stereocenters. The third-order valence-electron chi connectivity index (χ3n) is 3.16. The van der Waals surface area contributed by atoms with Crippen molar-refractivity contribution in [3.63, 3.8) is 0 Å². The van der Waals surface area contributed by atoms with Crippen molar-refractivity contribution in [2.75, 3.05) is 0 Å². The van der Waals surface area contributed by atoms with Gasteiger partial charge in [0.1, 0.15) is 0 Å². The number of rotatable bonds is 3. The van der Waals surface area contributed by atoms with Gasteiger partial charge in [0, 0.05) is 12.1 Å². The SMILES string of the molecule is NC1CC(NCc2nn[nH]n2)c2ccccc21. The molecule has 6 heteroatoms. The molecule has 0 bridgehead atoms. The minimum absolute atomic E-state index is 0.119. The maximum absolute atomic E-state index is 6.10. The summed E-state index contributed by atoms with van der Waals surface area (Å²) in [6.07, 6.45) is 0.914. The van der Waals surface area contributed by atoms with Gasteiger partial charge in [-0.15, -0.1) is 10.2 Å². The number of nitrogens with zero attached hydrogens (tertiary/aromatic N) is 3. The molecule has 1 aliphatic rings. The molecule has 88 valence electrons. The second-order valence-corrected chi connectivity index (χ2v) is 4.23. The molecule has 2 aromatic rings. The molecule has 3 rings (SSSR count). The highest BCUT2D eigenvalue weighted by molar-refractivity contribution is 5.37. The van der Waals surface area contributed by atoms with Crippen LogP contribution in [-0.4, -0.2) is 20.6 Å². The molecule has 2 atom stereocenters. The number of aromatic amines is 1. The average Bonchev–Trinajstić information content (AvgIpc) is 2.96. The van der Waals surface area contributed by atoms with Gasteiger partial charge >= 0.3 is 0 Å². The molecule has 1 heterocycles. The van der Waals surface area contributed by atoms with Crippen molar-refractivity contribution in [3.05, 3.63) is 41.2 Å². The van der Waals surface area contributed by atoms with Gasteiger partial charge in [-0.3, -0.25) is 0 Å². The fourth-order valence-corrected chi connectivity index (χ4v) is 2.34. The molecule has 0 fully saturated rings. The highest BCUT2D eigenvalue weighted by Gasteiger charge is 2.27. The molecular weight excluding hydrogens is 216 g/mol. The van der Waals surface area contributed by atoms with Gasteiger partial charge in [-0.2, -0.15) is 5.21 Å². The van der Waals surface area contributed by atoms with E-state index in [0.717, 1.165) is 6.42 Å². The van der Waals surface area contributed by atoms with Gasteiger partial charge in [0.15, 0.2) is 5.82 Å². The van der Waals surface area contributed by atoms with E-state index in [0.29, 0.717) is 12.4 Å². The number of aromatic nitrogens is 4. The van der Waals surface area contributed by atoms with Gasteiger partial charge in [0.05, 0.1) is 6.54 Å². The quantitative estimate of drug-likeness (QED) is 0.711. The molecule has 0 amide bonds. The Hall–Kier alpha value is -1.79. The summed E-state index contributed by atoms with van der Waals surface area (Å²) >= 11 is 0. The van der Waals surface area contributed by atoms with Crippen LogP contribution < -0.4 is 11.1 Å². The third kappa shape index (κ3) is 1.92. The summed E-state index contributed by atoms with van der Waals surface area (Å²) in [5.41, 5.74) is 8.61. The second-order valence-electron chi connectivity index (χ2n) is 4.23. The summed E-state index contributed by atoms with van der Waals surface area (Å²) in [6, 6.07) is 8.68. The smallest absolute Gasteiger partial charge is 0.188 e. The minimum atomic E-state index is 0.119. The van der Waals surface area contributed by atoms with Crippen molar-refractivity contribution < 1.29 is 0 Å². The Bertz CT molecular complexity index is 494. The van der Waals surface area contributed by atoms with E-state index >= 15 is 0 Å². The van der Waals surface area contributed by atoms with Crippen LogP contribution in [0.2, 0.25) is 0 Å². The summed E-state index contributed by atoms with van der Waals surface area (Å²) in [7, 11) is 0. The zero-order valence-corrected chi connectivity index (χ0v) is 9.30. The molecule has 0 saturated heterocycles. The fourth-order valence-electron chi connectivity index (χ4n) is 2.34. The maximum atomic E-state index is 6.10. The number of benzene rings is 1. The summed E-state index contributed by atoms with van der Waals surface area (Å²) in [5.74, 6) is 0.669. The summed E-state index contributed by atoms with van der Waals surface area (Å²) in [5, 5.41) is 17.2. The van der Waals surface area contributed by atoms with E-state index in [-0.39, 0.29) is 12.1 Å². The number of hydrogen-bond donors (Lipinski definition) is 3. The monoisotopic (exact) mass is 230 g/mol. The van der Waals surface area contributed by atoms with Crippen LogP contribution in [-0.2, 0) is 6.54 Å². The van der Waals surface area contributed by atoms with Crippen molar-refractivity contribution in [1.29, 1.82) is 0 Å². The Kier molecular flexibility index (Phi) is 2.58. The van der Waals surface area contributed by atoms with Crippen molar-refractivity contribution in [2.45, 2.75) is 25.0 Å². The van der Waals surface area contributed by atoms with Crippen molar-refractivity contribution in [1.82, 2.24) is 25.9 Å². The van der Waals surface area contributed by atoms with E-state index < -0.39 is 0 Å². The first-order valence-electron chi connectivity index (χ1n) is 5.64. The van der Waals surface area contributed by atoms with E-state index in [2.05, 4.69) is 38.1 Å². The van der Waals surface area contributed by atoms with Crippen molar-refractivity contribution in [2.24, 2.45) is 5.73 Å². The molecule has 1 aromatic heterocycles. The van der Waals surface area contributed by atoms with E-state index in [9.17, 15) is 0 Å². The van der Waals surface area contributed by atoms with Gasteiger partial charge in [-0.1, -0.05) is 29.5 Å². The van der Waals surface area contributed by atoms with Crippen LogP contribution in [0, 0.1) is 0 Å². The number of hydrogen-bond acceptors (Lipinski definition) is 5. The van der Waals surface area contributed by atoms with E-state index in [1.54, 1.807) is 0 Å². The van der Waals surface area contributed by atoms with Crippen LogP contribution in [0.15, 0.2) is 24.3 Å². The van der Waals surface area contributed by atoms with E-state index in [4.69, 9.17) is 5.73 Å². The van der Waals surface area contributed by atoms with Crippen molar-refractivity contribution >= 4 is 0 Å². The lowest BCUT2D eigenvalue weighted by atomic mass is 10.1. The topological polar surface area (TPSA) is 92.5 Å². The number of fused-ring (bicyclic) bond motifs is 1. The van der Waals surface area contributed by atoms with Gasteiger partial charge in [0.25, 0.3) is 0 Å². The van der Waals surface area contributed by atoms with Gasteiger partial charge in [0.2, 0.25) is 0 Å². The molecule has 0 saturated carbocycles. The van der Waals surface area contributed by atoms with Crippen LogP contribution in [0.1, 0.15) is 35.5 Å². The van der Waals surface area contributed by atoms with Gasteiger partial charge in [-0.25, -0.2) is 0 Å². The van der Waals surface area contributed by atoms with E-state index in [1.165, 1.54) is 11.1 Å². The number of nitrogens with two attached hydrogens (primary N) is 1. The summed E-state index contributed by atoms with van der Waals surface area (Å²) in [6.45, 7) is 0.599. The Morgan fingerprint density at radius 2 is 2.18 bits per heavy atom. The largest absolute Gasteiger partial charge is 0.324 e. The highest BCUT2D eigenvalue weighted by atomic mass is 15.5. The van der Waals surface area contributed by atoms with Crippen LogP contribution in [0.25, 0.3) is 0 Å². The molecule has 0 radical (unpaired) electrons. The lowest BCUT2D eigenvalue weighted by Gasteiger charge is -2.12. The molecule has 0 aliphatic heterocycles. The predicted molar refractivity (Wildman–Crippen MR) is 61.7 cm³/mol. The Morgan fingerprint density at radius 3 is 2.94 bits per heavy atom. The zero-order chi connectivity index (χ0) is 11.7. The van der Waals surface area contributed by atoms with Crippen LogP contribution in [0.5, 0.6) is 0 Å². The van der Waals surface area contributed by atoms with E-state index in [1.807, 2.05) is 12.1 Å². The first-order valence-corrected chi connectivity index (χ1v) is 5.64. The first kappa shape index (κ1) is 10.4. The standard InChI is InChI=1S/C11H14N6/c12-9-5-10(8-4-2-1-3-7(8)9)13-6-11-14-16-17-15-11/h1-4,9-10,13H,5-6,12H2,(H,14,15,16,17). The highest BCUT2D eigenvalue weighted by Crippen LogP contribution is 2.36. The Morgan fingerprint density at radius 1 is 1.35 bits per heavy atom. The molecular formula is C11H14N6. The summed E-state index contributed by atoms with van der Waals surface area (Å²) < 4.78 is 0. The molecule has 6 nitrogen and oxygen atoms in total. The molecule has 0 spiro atoms. The average molecular weight is 230 g/mol. The first-order chi connectivity index (χ1) is 8.34. The lowest BCUT2D eigenvalue weighted by molar-refractivity contribution is 0.490. The Labute approximate surface area is 98.6 Å². The van der Waals surface area contributed by atoms with Crippen molar-refractivity contribution in [3.8, 4) is 0 Å². The molecule has 17 heavy (non-hydrogen) atoms. The minimum Gasteiger partial charge on any atom is -0.324 e. The number of tetrazole rings is 1. The number of H-pyrrole nitrogens is 1. The van der Waals surface area contributed by atoms with Gasteiger partial charge in [-0.05, 0) is 17.5 Å². The maximum Gasteiger partial charge on any atom is 0.188 e. The van der Waals surface area contributed by atoms with Crippen LogP contribution in [0.4, 0.5) is 0 Å². The second kappa shape index (κ2) is 4.23. The number of nitrogens with one attached hydrogen (secondary N) is 2. The predicted octanol–water partition coefficient (Wildman–Crippen LogP) is 0.434. The van der Waals surface area contributed by atoms with Gasteiger partial charge < -0.3 is 11.1 Å². The molecule has 4 N–H and O–H groups in total. The lowest BCUT2D eigenvalue weighted by Crippen LogP contribution is -2.20. The fraction of sp³-hybridized carbons (Fsp3) is 0.364. The summed E-state index contributed by atoms with van der Waals surface area (Å²) in [4.78, 5) is 0. The Balaban J connectivity index is 1.73. The normalized spacial score (nSPS) is 22.6. The molecule has 1 aliphatic carbocycles. The van der Waals surface area contributed by atoms with Crippen LogP contribution in [0.3, 0.4) is 0 Å².